The van der Waals surface area contributed by atoms with Gasteiger partial charge in [0.05, 0.1) is 0 Å². The van der Waals surface area contributed by atoms with Crippen LogP contribution in [0.25, 0.3) is 11.1 Å². The molecule has 2 aliphatic carbocycles. The molecule has 0 N–H and O–H groups in total. The Kier molecular flexibility index (Phi) is 9.98. The van der Waals surface area contributed by atoms with Crippen molar-refractivity contribution in [2.45, 2.75) is 123 Å². The summed E-state index contributed by atoms with van der Waals surface area (Å²) in [6.07, 6.45) is 2.24. The Morgan fingerprint density at radius 3 is 1.55 bits per heavy atom. The molecule has 8 aromatic rings. The van der Waals surface area contributed by atoms with E-state index in [0.717, 1.165) is 29.9 Å². The lowest BCUT2D eigenvalue weighted by atomic mass is 9.33. The van der Waals surface area contributed by atoms with Crippen molar-refractivity contribution in [3.63, 3.8) is 0 Å². The molecule has 0 bridgehead atoms. The first-order valence-corrected chi connectivity index (χ1v) is 26.0. The van der Waals surface area contributed by atoms with E-state index >= 15 is 0 Å². The van der Waals surface area contributed by atoms with Crippen molar-refractivity contribution in [1.82, 2.24) is 0 Å². The largest absolute Gasteiger partial charge is 0.311 e. The number of nitrogens with zero attached hydrogens (tertiary/aromatic N) is 3. The summed E-state index contributed by atoms with van der Waals surface area (Å²) in [5, 5.41) is 0. The van der Waals surface area contributed by atoms with Crippen molar-refractivity contribution in [2.75, 3.05) is 14.7 Å². The summed E-state index contributed by atoms with van der Waals surface area (Å²) < 4.78 is 0. The predicted molar refractivity (Wildman–Crippen MR) is 305 cm³/mol. The highest BCUT2D eigenvalue weighted by Crippen LogP contribution is 2.55. The zero-order valence-electron chi connectivity index (χ0n) is 44.0. The van der Waals surface area contributed by atoms with E-state index < -0.39 is 0 Å². The maximum Gasteiger partial charge on any atom is 0.252 e. The first kappa shape index (κ1) is 45.4. The Balaban J connectivity index is 1.19. The van der Waals surface area contributed by atoms with Crippen LogP contribution in [0.2, 0.25) is 0 Å². The molecule has 0 saturated carbocycles. The van der Waals surface area contributed by atoms with Gasteiger partial charge < -0.3 is 14.7 Å². The highest BCUT2D eigenvalue weighted by atomic mass is 15.2. The van der Waals surface area contributed by atoms with Gasteiger partial charge in [0.2, 0.25) is 0 Å². The molecular formula is C67H68BN3. The first-order valence-electron chi connectivity index (χ1n) is 26.0. The first-order chi connectivity index (χ1) is 33.7. The molecular weight excluding hydrogens is 858 g/mol. The normalized spacial score (nSPS) is 17.3. The third-order valence-electron chi connectivity index (χ3n) is 16.8. The van der Waals surface area contributed by atoms with Gasteiger partial charge in [-0.05, 0) is 187 Å². The van der Waals surface area contributed by atoms with Crippen LogP contribution in [0.3, 0.4) is 0 Å². The lowest BCUT2D eigenvalue weighted by Crippen LogP contribution is -2.61. The van der Waals surface area contributed by atoms with Crippen molar-refractivity contribution >= 4 is 74.3 Å². The monoisotopic (exact) mass is 926 g/mol. The molecule has 0 fully saturated rings. The molecule has 0 spiro atoms. The van der Waals surface area contributed by atoms with E-state index in [1.54, 1.807) is 0 Å². The molecule has 12 rings (SSSR count). The van der Waals surface area contributed by atoms with Crippen LogP contribution in [0.1, 0.15) is 122 Å². The smallest absolute Gasteiger partial charge is 0.252 e. The number of aryl methyl sites for hydroxylation is 1. The highest BCUT2D eigenvalue weighted by Gasteiger charge is 2.49. The van der Waals surface area contributed by atoms with Crippen LogP contribution in [-0.4, -0.2) is 6.71 Å². The SMILES string of the molecule is Cc1cc(-c2ccccc2)ccc1N1c2cc(N(c3ccccc3)c3ccccc3)ccc2B2c3cc4c(cc3N(c3ccc5c(c3)C(C)(C)CC5(C)C)c3cc(C(C)(C)C)cc1c32)C(C)(C)CC4(C)C. The zero-order valence-corrected chi connectivity index (χ0v) is 44.0. The highest BCUT2D eigenvalue weighted by molar-refractivity contribution is 7.00. The minimum Gasteiger partial charge on any atom is -0.311 e. The summed E-state index contributed by atoms with van der Waals surface area (Å²) in [7, 11) is 0. The minimum atomic E-state index is -0.141. The number of hydrogen-bond acceptors (Lipinski definition) is 3. The van der Waals surface area contributed by atoms with Crippen LogP contribution in [0, 0.1) is 6.92 Å². The molecule has 0 saturated heterocycles. The Bertz CT molecular complexity index is 3390. The Morgan fingerprint density at radius 2 is 0.958 bits per heavy atom. The van der Waals surface area contributed by atoms with E-state index in [2.05, 4.69) is 268 Å². The van der Waals surface area contributed by atoms with Crippen LogP contribution in [0.5, 0.6) is 0 Å². The Morgan fingerprint density at radius 1 is 0.423 bits per heavy atom. The number of rotatable bonds is 6. The zero-order chi connectivity index (χ0) is 49.6. The number of benzene rings is 8. The van der Waals surface area contributed by atoms with Gasteiger partial charge in [-0.25, -0.2) is 0 Å². The lowest BCUT2D eigenvalue weighted by Gasteiger charge is -2.46. The van der Waals surface area contributed by atoms with Crippen molar-refractivity contribution in [2.24, 2.45) is 0 Å². The summed E-state index contributed by atoms with van der Waals surface area (Å²) >= 11 is 0. The van der Waals surface area contributed by atoms with Crippen molar-refractivity contribution in [3.05, 3.63) is 203 Å². The number of hydrogen-bond donors (Lipinski definition) is 0. The van der Waals surface area contributed by atoms with Crippen molar-refractivity contribution in [1.29, 1.82) is 0 Å². The Hall–Kier alpha value is -6.78. The summed E-state index contributed by atoms with van der Waals surface area (Å²) in [6, 6.07) is 64.9. The molecule has 0 atom stereocenters. The van der Waals surface area contributed by atoms with Gasteiger partial charge in [-0.3, -0.25) is 0 Å². The predicted octanol–water partition coefficient (Wildman–Crippen LogP) is 16.4. The lowest BCUT2D eigenvalue weighted by molar-refractivity contribution is 0.403. The molecule has 354 valence electrons. The average Bonchev–Trinajstić information content (AvgIpc) is 3.64. The van der Waals surface area contributed by atoms with Gasteiger partial charge in [-0.2, -0.15) is 0 Å². The minimum absolute atomic E-state index is 0.0130. The van der Waals surface area contributed by atoms with Crippen LogP contribution in [0.4, 0.5) is 51.2 Å². The Labute approximate surface area is 424 Å². The third kappa shape index (κ3) is 7.14. The molecule has 0 radical (unpaired) electrons. The van der Waals surface area contributed by atoms with Gasteiger partial charge in [-0.1, -0.05) is 167 Å². The van der Waals surface area contributed by atoms with Gasteiger partial charge in [-0.15, -0.1) is 0 Å². The van der Waals surface area contributed by atoms with Gasteiger partial charge in [0.1, 0.15) is 0 Å². The van der Waals surface area contributed by atoms with E-state index in [1.807, 2.05) is 0 Å². The van der Waals surface area contributed by atoms with Gasteiger partial charge in [0.25, 0.3) is 6.71 Å². The van der Waals surface area contributed by atoms with E-state index in [4.69, 9.17) is 0 Å². The fraction of sp³-hybridized carbons (Fsp3) is 0.284. The quantitative estimate of drug-likeness (QED) is 0.154. The fourth-order valence-electron chi connectivity index (χ4n) is 14.0. The topological polar surface area (TPSA) is 9.72 Å². The second kappa shape index (κ2) is 15.6. The standard InChI is InChI=1S/C67H68BN3/c1-43-34-45(44-22-16-13-17-23-44)28-33-57(43)71-58-38-50(69(47-24-18-14-19-25-47)48-26-20-15-21-27-48)30-32-55(58)68-56-39-53-54(67(11,12)42-66(53,9)10)40-59(56)70(60-35-46(63(2,3)4)36-61(71)62(60)68)49-29-31-51-52(37-49)65(7,8)41-64(51,5)6/h13-40H,41-42H2,1-12H3. The average molecular weight is 926 g/mol. The summed E-state index contributed by atoms with van der Waals surface area (Å²) in [4.78, 5) is 7.75. The second-order valence-corrected chi connectivity index (χ2v) is 25.0. The molecule has 0 unspecified atom stereocenters. The number of anilines is 9. The molecule has 4 heteroatoms. The van der Waals surface area contributed by atoms with Gasteiger partial charge >= 0.3 is 0 Å². The maximum atomic E-state index is 2.69. The van der Waals surface area contributed by atoms with Gasteiger partial charge in [0.15, 0.2) is 0 Å². The van der Waals surface area contributed by atoms with Crippen molar-refractivity contribution < 1.29 is 0 Å². The number of fused-ring (bicyclic) bond motifs is 6. The number of para-hydroxylation sites is 2. The van der Waals surface area contributed by atoms with Crippen LogP contribution in [0.15, 0.2) is 170 Å². The second-order valence-electron chi connectivity index (χ2n) is 25.0. The third-order valence-corrected chi connectivity index (χ3v) is 16.8. The molecule has 71 heavy (non-hydrogen) atoms. The molecule has 0 aromatic heterocycles. The van der Waals surface area contributed by atoms with Crippen LogP contribution >= 0.6 is 0 Å². The molecule has 0 amide bonds. The molecule has 8 aromatic carbocycles. The van der Waals surface area contributed by atoms with E-state index in [-0.39, 0.29) is 33.8 Å². The summed E-state index contributed by atoms with van der Waals surface area (Å²) in [6.45, 7) is 29.1. The summed E-state index contributed by atoms with van der Waals surface area (Å²) in [5.41, 5.74) is 26.0. The van der Waals surface area contributed by atoms with E-state index in [9.17, 15) is 0 Å². The molecule has 2 aliphatic heterocycles. The van der Waals surface area contributed by atoms with Crippen LogP contribution < -0.4 is 31.1 Å². The van der Waals surface area contributed by atoms with E-state index in [1.165, 1.54) is 95.0 Å². The van der Waals surface area contributed by atoms with Crippen molar-refractivity contribution in [3.8, 4) is 11.1 Å². The van der Waals surface area contributed by atoms with E-state index in [0.29, 0.717) is 0 Å². The molecule has 2 heterocycles. The molecule has 3 nitrogen and oxygen atoms in total. The maximum absolute atomic E-state index is 2.69. The van der Waals surface area contributed by atoms with Gasteiger partial charge in [0, 0.05) is 51.2 Å². The molecule has 4 aliphatic rings. The summed E-state index contributed by atoms with van der Waals surface area (Å²) in [5.74, 6) is 0. The van der Waals surface area contributed by atoms with Crippen LogP contribution in [-0.2, 0) is 27.1 Å². The fourth-order valence-corrected chi connectivity index (χ4v) is 14.0.